The summed E-state index contributed by atoms with van der Waals surface area (Å²) in [6.07, 6.45) is 2.07. The summed E-state index contributed by atoms with van der Waals surface area (Å²) >= 11 is 1.44. The van der Waals surface area contributed by atoms with Crippen molar-refractivity contribution in [2.45, 2.75) is 43.2 Å². The summed E-state index contributed by atoms with van der Waals surface area (Å²) in [6.45, 7) is 5.44. The Hall–Kier alpha value is -1.01. The van der Waals surface area contributed by atoms with Gasteiger partial charge in [-0.15, -0.1) is 0 Å². The molecule has 0 radical (unpaired) electrons. The predicted octanol–water partition coefficient (Wildman–Crippen LogP) is 1.06. The highest BCUT2D eigenvalue weighted by atomic mass is 32.2. The monoisotopic (exact) mass is 243 g/mol. The van der Waals surface area contributed by atoms with E-state index >= 15 is 0 Å². The first kappa shape index (κ1) is 13.1. The number of hydrogen-bond donors (Lipinski definition) is 2. The van der Waals surface area contributed by atoms with Crippen molar-refractivity contribution in [2.24, 2.45) is 11.5 Å². The van der Waals surface area contributed by atoms with Crippen molar-refractivity contribution >= 4 is 17.7 Å². The molecule has 5 nitrogen and oxygen atoms in total. The van der Waals surface area contributed by atoms with Crippen LogP contribution in [0.1, 0.15) is 26.0 Å². The van der Waals surface area contributed by atoms with Crippen molar-refractivity contribution in [2.75, 3.05) is 0 Å². The molecule has 0 aliphatic rings. The average molecular weight is 243 g/mol. The van der Waals surface area contributed by atoms with E-state index in [1.807, 2.05) is 13.8 Å². The number of carbonyl (C=O) groups excluding carboxylic acids is 1. The fourth-order valence-corrected chi connectivity index (χ4v) is 2.37. The van der Waals surface area contributed by atoms with E-state index in [0.717, 1.165) is 5.69 Å². The fraction of sp³-hybridized carbons (Fsp3) is 0.600. The third kappa shape index (κ3) is 3.53. The third-order valence-corrected chi connectivity index (χ3v) is 3.13. The minimum Gasteiger partial charge on any atom is -0.440 e. The fourth-order valence-electron chi connectivity index (χ4n) is 1.30. The normalized spacial score (nSPS) is 16.8. The molecular weight excluding hydrogens is 226 g/mol. The van der Waals surface area contributed by atoms with Gasteiger partial charge in [0.25, 0.3) is 5.22 Å². The van der Waals surface area contributed by atoms with Crippen LogP contribution in [-0.2, 0) is 4.79 Å². The number of thioether (sulfide) groups is 1. The van der Waals surface area contributed by atoms with Gasteiger partial charge in [0.05, 0.1) is 11.2 Å². The van der Waals surface area contributed by atoms with Gasteiger partial charge in [-0.05, 0) is 20.3 Å². The Labute approximate surface area is 99.0 Å². The van der Waals surface area contributed by atoms with Gasteiger partial charge in [0.2, 0.25) is 5.91 Å². The maximum Gasteiger partial charge on any atom is 0.256 e. The first-order valence-corrected chi connectivity index (χ1v) is 5.87. The zero-order valence-corrected chi connectivity index (χ0v) is 10.5. The lowest BCUT2D eigenvalue weighted by Crippen LogP contribution is -2.50. The highest BCUT2D eigenvalue weighted by molar-refractivity contribution is 7.99. The summed E-state index contributed by atoms with van der Waals surface area (Å²) in [5, 5.41) is 0.700. The van der Waals surface area contributed by atoms with Crippen molar-refractivity contribution in [3.05, 3.63) is 12.0 Å². The van der Waals surface area contributed by atoms with E-state index in [4.69, 9.17) is 15.9 Å². The van der Waals surface area contributed by atoms with E-state index in [9.17, 15) is 4.79 Å². The maximum absolute atomic E-state index is 11.1. The Morgan fingerprint density at radius 2 is 2.38 bits per heavy atom. The van der Waals surface area contributed by atoms with Gasteiger partial charge in [-0.2, -0.15) is 0 Å². The lowest BCUT2D eigenvalue weighted by molar-refractivity contribution is -0.122. The number of oxazole rings is 1. The summed E-state index contributed by atoms with van der Waals surface area (Å²) in [4.78, 5) is 15.2. The summed E-state index contributed by atoms with van der Waals surface area (Å²) in [6, 6.07) is 0. The van der Waals surface area contributed by atoms with Crippen LogP contribution in [0.25, 0.3) is 0 Å². The number of aromatic nitrogens is 1. The standard InChI is InChI=1S/C10H17N3O2S/c1-6-5-15-9(13-6)16-7(2)4-10(3,12)8(11)14/h5,7H,4,12H2,1-3H3,(H2,11,14). The van der Waals surface area contributed by atoms with Gasteiger partial charge in [-0.25, -0.2) is 4.98 Å². The van der Waals surface area contributed by atoms with Crippen LogP contribution >= 0.6 is 11.8 Å². The van der Waals surface area contributed by atoms with Crippen LogP contribution in [0.2, 0.25) is 0 Å². The van der Waals surface area contributed by atoms with Crippen LogP contribution < -0.4 is 11.5 Å². The van der Waals surface area contributed by atoms with E-state index in [1.165, 1.54) is 11.8 Å². The number of amides is 1. The molecular formula is C10H17N3O2S. The number of carbonyl (C=O) groups is 1. The number of primary amides is 1. The molecule has 0 spiro atoms. The SMILES string of the molecule is Cc1coc(SC(C)CC(C)(N)C(N)=O)n1. The highest BCUT2D eigenvalue weighted by Crippen LogP contribution is 2.27. The maximum atomic E-state index is 11.1. The summed E-state index contributed by atoms with van der Waals surface area (Å²) in [7, 11) is 0. The third-order valence-electron chi connectivity index (χ3n) is 2.17. The first-order valence-electron chi connectivity index (χ1n) is 4.99. The van der Waals surface area contributed by atoms with E-state index in [-0.39, 0.29) is 5.25 Å². The van der Waals surface area contributed by atoms with Crippen LogP contribution in [0, 0.1) is 6.92 Å². The molecule has 16 heavy (non-hydrogen) atoms. The highest BCUT2D eigenvalue weighted by Gasteiger charge is 2.28. The van der Waals surface area contributed by atoms with Crippen LogP contribution in [0.15, 0.2) is 15.9 Å². The van der Waals surface area contributed by atoms with Crippen LogP contribution in [0.4, 0.5) is 0 Å². The summed E-state index contributed by atoms with van der Waals surface area (Å²) < 4.78 is 5.20. The van der Waals surface area contributed by atoms with E-state index < -0.39 is 11.4 Å². The summed E-state index contributed by atoms with van der Waals surface area (Å²) in [5.74, 6) is -0.497. The second kappa shape index (κ2) is 4.88. The molecule has 1 amide bonds. The Bertz CT molecular complexity index is 376. The Balaban J connectivity index is 2.54. The zero-order chi connectivity index (χ0) is 12.3. The predicted molar refractivity (Wildman–Crippen MR) is 63.0 cm³/mol. The molecule has 0 aromatic carbocycles. The smallest absolute Gasteiger partial charge is 0.256 e. The molecule has 1 aromatic heterocycles. The molecule has 1 rings (SSSR count). The Morgan fingerprint density at radius 1 is 1.75 bits per heavy atom. The second-order valence-electron chi connectivity index (χ2n) is 4.17. The van der Waals surface area contributed by atoms with E-state index in [2.05, 4.69) is 4.98 Å². The van der Waals surface area contributed by atoms with Crippen molar-refractivity contribution < 1.29 is 9.21 Å². The van der Waals surface area contributed by atoms with Gasteiger partial charge < -0.3 is 15.9 Å². The largest absolute Gasteiger partial charge is 0.440 e. The van der Waals surface area contributed by atoms with E-state index in [1.54, 1.807) is 13.2 Å². The van der Waals surface area contributed by atoms with Gasteiger partial charge in [0, 0.05) is 5.25 Å². The lowest BCUT2D eigenvalue weighted by atomic mass is 9.97. The van der Waals surface area contributed by atoms with Crippen LogP contribution in [0.5, 0.6) is 0 Å². The van der Waals surface area contributed by atoms with Gasteiger partial charge in [-0.3, -0.25) is 4.79 Å². The van der Waals surface area contributed by atoms with Crippen LogP contribution in [-0.4, -0.2) is 21.7 Å². The molecule has 2 unspecified atom stereocenters. The molecule has 0 saturated carbocycles. The minimum atomic E-state index is -0.992. The average Bonchev–Trinajstić information content (AvgIpc) is 2.49. The van der Waals surface area contributed by atoms with E-state index in [0.29, 0.717) is 11.6 Å². The molecule has 90 valence electrons. The second-order valence-corrected chi connectivity index (χ2v) is 5.56. The molecule has 0 aliphatic carbocycles. The zero-order valence-electron chi connectivity index (χ0n) is 9.69. The Kier molecular flexibility index (Phi) is 3.98. The van der Waals surface area contributed by atoms with Gasteiger partial charge in [-0.1, -0.05) is 18.7 Å². The molecule has 0 saturated heterocycles. The van der Waals surface area contributed by atoms with Crippen molar-refractivity contribution in [3.8, 4) is 0 Å². The van der Waals surface area contributed by atoms with Crippen molar-refractivity contribution in [1.82, 2.24) is 4.98 Å². The Morgan fingerprint density at radius 3 is 2.81 bits per heavy atom. The molecule has 0 aliphatic heterocycles. The lowest BCUT2D eigenvalue weighted by Gasteiger charge is -2.23. The molecule has 6 heteroatoms. The number of nitrogens with two attached hydrogens (primary N) is 2. The van der Waals surface area contributed by atoms with Gasteiger partial charge in [0.15, 0.2) is 0 Å². The van der Waals surface area contributed by atoms with Gasteiger partial charge >= 0.3 is 0 Å². The molecule has 1 heterocycles. The molecule has 0 fully saturated rings. The van der Waals surface area contributed by atoms with Crippen LogP contribution in [0.3, 0.4) is 0 Å². The first-order chi connectivity index (χ1) is 7.31. The molecule has 4 N–H and O–H groups in total. The minimum absolute atomic E-state index is 0.112. The van der Waals surface area contributed by atoms with Crippen molar-refractivity contribution in [1.29, 1.82) is 0 Å². The molecule has 0 bridgehead atoms. The topological polar surface area (TPSA) is 95.1 Å². The molecule has 2 atom stereocenters. The van der Waals surface area contributed by atoms with Gasteiger partial charge in [0.1, 0.15) is 6.26 Å². The summed E-state index contributed by atoms with van der Waals surface area (Å²) in [5.41, 5.74) is 10.8. The number of aryl methyl sites for hydroxylation is 1. The number of rotatable bonds is 5. The van der Waals surface area contributed by atoms with Crippen molar-refractivity contribution in [3.63, 3.8) is 0 Å². The molecule has 1 aromatic rings. The number of nitrogens with zero attached hydrogens (tertiary/aromatic N) is 1. The number of hydrogen-bond acceptors (Lipinski definition) is 5. The quantitative estimate of drug-likeness (QED) is 0.754.